The Morgan fingerprint density at radius 2 is 2.06 bits per heavy atom. The fraction of sp³-hybridized carbons (Fsp3) is 0.167. The zero-order valence-corrected chi connectivity index (χ0v) is 8.81. The summed E-state index contributed by atoms with van der Waals surface area (Å²) in [5.74, 6) is 0.711. The van der Waals surface area contributed by atoms with Gasteiger partial charge in [-0.3, -0.25) is 0 Å². The third kappa shape index (κ3) is 1.87. The highest BCUT2D eigenvalue weighted by Crippen LogP contribution is 2.31. The van der Waals surface area contributed by atoms with Crippen molar-refractivity contribution in [1.82, 2.24) is 0 Å². The van der Waals surface area contributed by atoms with E-state index in [0.717, 1.165) is 11.1 Å². The molecule has 0 unspecified atom stereocenters. The molecular formula is C12H14N2O2. The van der Waals surface area contributed by atoms with Crippen LogP contribution in [0.4, 0.5) is 11.4 Å². The van der Waals surface area contributed by atoms with E-state index >= 15 is 0 Å². The van der Waals surface area contributed by atoms with E-state index in [2.05, 4.69) is 0 Å². The van der Waals surface area contributed by atoms with Crippen molar-refractivity contribution in [3.63, 3.8) is 0 Å². The molecule has 1 heterocycles. The second kappa shape index (κ2) is 4.28. The summed E-state index contributed by atoms with van der Waals surface area (Å²) in [5.41, 5.74) is 14.5. The summed E-state index contributed by atoms with van der Waals surface area (Å²) in [6.07, 6.45) is 2.08. The van der Waals surface area contributed by atoms with Crippen LogP contribution in [0.15, 0.2) is 34.9 Å². The van der Waals surface area contributed by atoms with Crippen molar-refractivity contribution in [3.8, 4) is 11.3 Å². The van der Waals surface area contributed by atoms with Crippen LogP contribution in [-0.4, -0.2) is 11.7 Å². The van der Waals surface area contributed by atoms with E-state index in [1.54, 1.807) is 24.5 Å². The predicted molar refractivity (Wildman–Crippen MR) is 63.8 cm³/mol. The first-order valence-electron chi connectivity index (χ1n) is 5.05. The fourth-order valence-corrected chi connectivity index (χ4v) is 1.76. The summed E-state index contributed by atoms with van der Waals surface area (Å²) in [5, 5.41) is 9.02. The van der Waals surface area contributed by atoms with Gasteiger partial charge in [-0.25, -0.2) is 0 Å². The van der Waals surface area contributed by atoms with Crippen LogP contribution in [0.1, 0.15) is 5.56 Å². The molecule has 5 N–H and O–H groups in total. The minimum atomic E-state index is 0.0435. The highest BCUT2D eigenvalue weighted by Gasteiger charge is 2.11. The lowest BCUT2D eigenvalue weighted by Gasteiger charge is -2.11. The lowest BCUT2D eigenvalue weighted by molar-refractivity contribution is 0.300. The highest BCUT2D eigenvalue weighted by atomic mass is 16.3. The van der Waals surface area contributed by atoms with Crippen LogP contribution < -0.4 is 11.5 Å². The van der Waals surface area contributed by atoms with Gasteiger partial charge in [-0.1, -0.05) is 0 Å². The van der Waals surface area contributed by atoms with Crippen LogP contribution >= 0.6 is 0 Å². The average molecular weight is 218 g/mol. The highest BCUT2D eigenvalue weighted by molar-refractivity contribution is 5.74. The molecule has 0 spiro atoms. The lowest BCUT2D eigenvalue weighted by Crippen LogP contribution is -2.02. The third-order valence-electron chi connectivity index (χ3n) is 2.46. The fourth-order valence-electron chi connectivity index (χ4n) is 1.76. The van der Waals surface area contributed by atoms with E-state index in [1.165, 1.54) is 0 Å². The second-order valence-electron chi connectivity index (χ2n) is 3.59. The van der Waals surface area contributed by atoms with Gasteiger partial charge in [0.05, 0.1) is 6.26 Å². The normalized spacial score (nSPS) is 10.6. The van der Waals surface area contributed by atoms with Crippen molar-refractivity contribution in [3.05, 3.63) is 36.1 Å². The van der Waals surface area contributed by atoms with Crippen LogP contribution in [0.5, 0.6) is 0 Å². The van der Waals surface area contributed by atoms with Crippen LogP contribution in [0.25, 0.3) is 11.3 Å². The topological polar surface area (TPSA) is 85.4 Å². The number of hydrogen-bond acceptors (Lipinski definition) is 4. The Hall–Kier alpha value is -1.94. The summed E-state index contributed by atoms with van der Waals surface area (Å²) in [4.78, 5) is 0. The largest absolute Gasteiger partial charge is 0.464 e. The molecule has 0 bridgehead atoms. The summed E-state index contributed by atoms with van der Waals surface area (Å²) in [6.45, 7) is 0.0435. The van der Waals surface area contributed by atoms with E-state index in [0.29, 0.717) is 23.6 Å². The number of aliphatic hydroxyl groups is 1. The molecule has 0 amide bonds. The quantitative estimate of drug-likeness (QED) is 0.684. The smallest absolute Gasteiger partial charge is 0.134 e. The van der Waals surface area contributed by atoms with Gasteiger partial charge in [-0.15, -0.1) is 0 Å². The molecular weight excluding hydrogens is 204 g/mol. The van der Waals surface area contributed by atoms with Gasteiger partial charge in [0.25, 0.3) is 0 Å². The lowest BCUT2D eigenvalue weighted by atomic mass is 10.00. The summed E-state index contributed by atoms with van der Waals surface area (Å²) < 4.78 is 5.32. The number of anilines is 2. The van der Waals surface area contributed by atoms with Crippen molar-refractivity contribution in [2.45, 2.75) is 6.42 Å². The van der Waals surface area contributed by atoms with Gasteiger partial charge in [-0.2, -0.15) is 0 Å². The molecule has 0 atom stereocenters. The number of nitrogen functional groups attached to an aromatic ring is 2. The zero-order valence-electron chi connectivity index (χ0n) is 8.81. The Morgan fingerprint density at radius 3 is 2.69 bits per heavy atom. The van der Waals surface area contributed by atoms with Crippen LogP contribution in [-0.2, 0) is 6.42 Å². The van der Waals surface area contributed by atoms with Gasteiger partial charge in [0, 0.05) is 23.5 Å². The maximum Gasteiger partial charge on any atom is 0.134 e. The molecule has 0 radical (unpaired) electrons. The minimum Gasteiger partial charge on any atom is -0.464 e. The monoisotopic (exact) mass is 218 g/mol. The first kappa shape index (κ1) is 10.6. The molecule has 1 aromatic carbocycles. The average Bonchev–Trinajstić information content (AvgIpc) is 2.75. The van der Waals surface area contributed by atoms with Gasteiger partial charge in [0.1, 0.15) is 5.76 Å². The Labute approximate surface area is 93.5 Å². The van der Waals surface area contributed by atoms with E-state index in [9.17, 15) is 0 Å². The number of aliphatic hydroxyl groups excluding tert-OH is 1. The second-order valence-corrected chi connectivity index (χ2v) is 3.59. The van der Waals surface area contributed by atoms with Crippen molar-refractivity contribution in [1.29, 1.82) is 0 Å². The number of rotatable bonds is 3. The van der Waals surface area contributed by atoms with Crippen molar-refractivity contribution in [2.24, 2.45) is 0 Å². The molecule has 4 heteroatoms. The summed E-state index contributed by atoms with van der Waals surface area (Å²) >= 11 is 0. The molecule has 0 saturated heterocycles. The molecule has 0 saturated carbocycles. The number of furan rings is 1. The van der Waals surface area contributed by atoms with Crippen LogP contribution in [0.3, 0.4) is 0 Å². The zero-order chi connectivity index (χ0) is 11.5. The predicted octanol–water partition coefficient (Wildman–Crippen LogP) is 1.65. The third-order valence-corrected chi connectivity index (χ3v) is 2.46. The number of benzene rings is 1. The summed E-state index contributed by atoms with van der Waals surface area (Å²) in [7, 11) is 0. The van der Waals surface area contributed by atoms with E-state index < -0.39 is 0 Å². The Balaban J connectivity index is 2.57. The Kier molecular flexibility index (Phi) is 2.83. The van der Waals surface area contributed by atoms with E-state index in [4.69, 9.17) is 21.0 Å². The van der Waals surface area contributed by atoms with Crippen molar-refractivity contribution < 1.29 is 9.52 Å². The maximum absolute atomic E-state index is 9.02. The first-order valence-corrected chi connectivity index (χ1v) is 5.05. The maximum atomic E-state index is 9.02. The summed E-state index contributed by atoms with van der Waals surface area (Å²) in [6, 6.07) is 7.14. The van der Waals surface area contributed by atoms with Gasteiger partial charge < -0.3 is 21.0 Å². The van der Waals surface area contributed by atoms with E-state index in [1.807, 2.05) is 6.07 Å². The molecule has 16 heavy (non-hydrogen) atoms. The molecule has 4 nitrogen and oxygen atoms in total. The number of nitrogens with two attached hydrogens (primary N) is 2. The van der Waals surface area contributed by atoms with Crippen LogP contribution in [0, 0.1) is 0 Å². The SMILES string of the molecule is Nc1cc(N)c(CCO)c(-c2ccco2)c1. The first-order chi connectivity index (χ1) is 7.72. The standard InChI is InChI=1S/C12H14N2O2/c13-8-6-10(12-2-1-5-16-12)9(3-4-15)11(14)7-8/h1-2,5-7,15H,3-4,13-14H2. The molecule has 0 aliphatic rings. The van der Waals surface area contributed by atoms with Gasteiger partial charge >= 0.3 is 0 Å². The molecule has 0 aliphatic heterocycles. The Bertz CT molecular complexity index is 478. The van der Waals surface area contributed by atoms with Crippen molar-refractivity contribution in [2.75, 3.05) is 18.1 Å². The van der Waals surface area contributed by atoms with Crippen LogP contribution in [0.2, 0.25) is 0 Å². The molecule has 0 aliphatic carbocycles. The van der Waals surface area contributed by atoms with Crippen molar-refractivity contribution >= 4 is 11.4 Å². The molecule has 0 fully saturated rings. The van der Waals surface area contributed by atoms with Gasteiger partial charge in [0.15, 0.2) is 0 Å². The molecule has 84 valence electrons. The number of hydrogen-bond donors (Lipinski definition) is 3. The molecule has 1 aromatic heterocycles. The van der Waals surface area contributed by atoms with Gasteiger partial charge in [-0.05, 0) is 36.2 Å². The molecule has 2 aromatic rings. The van der Waals surface area contributed by atoms with E-state index in [-0.39, 0.29) is 6.61 Å². The minimum absolute atomic E-state index is 0.0435. The Morgan fingerprint density at radius 1 is 1.25 bits per heavy atom. The molecule has 2 rings (SSSR count). The van der Waals surface area contributed by atoms with Gasteiger partial charge in [0.2, 0.25) is 0 Å².